The van der Waals surface area contributed by atoms with E-state index in [4.69, 9.17) is 8.85 Å². The SMILES string of the molecule is CO[Si](C)(CCCS(=O)Cc1ccccn1)OC. The standard InChI is InChI=1S/C12H21NO3SSi/c1-15-18(3,16-2)10-6-9-17(14)11-12-7-4-5-8-13-12/h4-5,7-8H,6,9-11H2,1-3H3. The van der Waals surface area contributed by atoms with Gasteiger partial charge in [0, 0.05) is 37.0 Å². The van der Waals surface area contributed by atoms with Gasteiger partial charge in [-0.1, -0.05) is 6.07 Å². The Kier molecular flexibility index (Phi) is 6.70. The summed E-state index contributed by atoms with van der Waals surface area (Å²) < 4.78 is 22.7. The summed E-state index contributed by atoms with van der Waals surface area (Å²) >= 11 is 0. The molecule has 0 aliphatic heterocycles. The quantitative estimate of drug-likeness (QED) is 0.687. The van der Waals surface area contributed by atoms with E-state index in [1.807, 2.05) is 24.7 Å². The maximum Gasteiger partial charge on any atom is 0.334 e. The molecular weight excluding hydrogens is 266 g/mol. The molecule has 1 unspecified atom stereocenters. The number of aromatic nitrogens is 1. The molecule has 102 valence electrons. The van der Waals surface area contributed by atoms with Gasteiger partial charge in [0.1, 0.15) is 0 Å². The number of rotatable bonds is 8. The summed E-state index contributed by atoms with van der Waals surface area (Å²) in [7, 11) is 0.495. The number of hydrogen-bond donors (Lipinski definition) is 0. The summed E-state index contributed by atoms with van der Waals surface area (Å²) in [6.07, 6.45) is 2.59. The van der Waals surface area contributed by atoms with Crippen molar-refractivity contribution in [3.63, 3.8) is 0 Å². The Morgan fingerprint density at radius 2 is 2.06 bits per heavy atom. The fourth-order valence-electron chi connectivity index (χ4n) is 1.56. The maximum atomic E-state index is 11.9. The van der Waals surface area contributed by atoms with Crippen molar-refractivity contribution in [2.24, 2.45) is 0 Å². The lowest BCUT2D eigenvalue weighted by molar-refractivity contribution is 0.249. The van der Waals surface area contributed by atoms with E-state index < -0.39 is 19.4 Å². The smallest absolute Gasteiger partial charge is 0.334 e. The zero-order chi connectivity index (χ0) is 13.4. The molecule has 0 bridgehead atoms. The van der Waals surface area contributed by atoms with Gasteiger partial charge in [-0.15, -0.1) is 0 Å². The van der Waals surface area contributed by atoms with Gasteiger partial charge in [-0.05, 0) is 31.1 Å². The molecule has 0 spiro atoms. The van der Waals surface area contributed by atoms with Crippen LogP contribution < -0.4 is 0 Å². The highest BCUT2D eigenvalue weighted by atomic mass is 32.2. The van der Waals surface area contributed by atoms with Crippen LogP contribution in [0.2, 0.25) is 12.6 Å². The Bertz CT molecular complexity index is 371. The molecule has 0 fully saturated rings. The predicted octanol–water partition coefficient (Wildman–Crippen LogP) is 2.09. The second-order valence-electron chi connectivity index (χ2n) is 4.25. The van der Waals surface area contributed by atoms with Gasteiger partial charge >= 0.3 is 8.56 Å². The minimum Gasteiger partial charge on any atom is -0.398 e. The number of pyridine rings is 1. The summed E-state index contributed by atoms with van der Waals surface area (Å²) in [5.41, 5.74) is 0.884. The molecular formula is C12H21NO3SSi. The molecule has 4 nitrogen and oxygen atoms in total. The molecule has 6 heteroatoms. The van der Waals surface area contributed by atoms with Crippen LogP contribution in [0.3, 0.4) is 0 Å². The van der Waals surface area contributed by atoms with Crippen molar-refractivity contribution in [3.8, 4) is 0 Å². The summed E-state index contributed by atoms with van der Waals surface area (Å²) in [6, 6.07) is 6.55. The monoisotopic (exact) mass is 287 g/mol. The highest BCUT2D eigenvalue weighted by Gasteiger charge is 2.27. The van der Waals surface area contributed by atoms with Crippen LogP contribution in [-0.2, 0) is 25.4 Å². The summed E-state index contributed by atoms with van der Waals surface area (Å²) in [5.74, 6) is 1.20. The van der Waals surface area contributed by atoms with Gasteiger partial charge in [0.2, 0.25) is 0 Å². The first-order chi connectivity index (χ1) is 8.59. The van der Waals surface area contributed by atoms with E-state index in [0.29, 0.717) is 11.5 Å². The molecule has 0 amide bonds. The Morgan fingerprint density at radius 3 is 2.61 bits per heavy atom. The average molecular weight is 287 g/mol. The number of hydrogen-bond acceptors (Lipinski definition) is 4. The molecule has 0 radical (unpaired) electrons. The van der Waals surface area contributed by atoms with Crippen LogP contribution in [0.1, 0.15) is 12.1 Å². The number of nitrogens with zero attached hydrogens (tertiary/aromatic N) is 1. The summed E-state index contributed by atoms with van der Waals surface area (Å²) in [5, 5.41) is 0. The fourth-order valence-corrected chi connectivity index (χ4v) is 4.32. The van der Waals surface area contributed by atoms with E-state index >= 15 is 0 Å². The van der Waals surface area contributed by atoms with Crippen LogP contribution in [0.4, 0.5) is 0 Å². The van der Waals surface area contributed by atoms with E-state index in [0.717, 1.165) is 18.2 Å². The van der Waals surface area contributed by atoms with Crippen molar-refractivity contribution in [1.29, 1.82) is 0 Å². The molecule has 0 saturated carbocycles. The highest BCUT2D eigenvalue weighted by molar-refractivity contribution is 7.84. The highest BCUT2D eigenvalue weighted by Crippen LogP contribution is 2.14. The molecule has 18 heavy (non-hydrogen) atoms. The average Bonchev–Trinajstić information content (AvgIpc) is 2.39. The normalized spacial score (nSPS) is 13.5. The summed E-state index contributed by atoms with van der Waals surface area (Å²) in [6.45, 7) is 2.02. The third-order valence-electron chi connectivity index (χ3n) is 2.90. The zero-order valence-electron chi connectivity index (χ0n) is 11.2. The first kappa shape index (κ1) is 15.5. The summed E-state index contributed by atoms with van der Waals surface area (Å²) in [4.78, 5) is 4.17. The van der Waals surface area contributed by atoms with Crippen molar-refractivity contribution in [2.75, 3.05) is 20.0 Å². The van der Waals surface area contributed by atoms with Crippen LogP contribution in [0.15, 0.2) is 24.4 Å². The molecule has 1 aromatic heterocycles. The van der Waals surface area contributed by atoms with Crippen molar-refractivity contribution < 1.29 is 13.1 Å². The molecule has 1 atom stereocenters. The van der Waals surface area contributed by atoms with Crippen molar-refractivity contribution in [2.45, 2.75) is 24.8 Å². The van der Waals surface area contributed by atoms with Crippen LogP contribution in [0.25, 0.3) is 0 Å². The van der Waals surface area contributed by atoms with E-state index in [9.17, 15) is 4.21 Å². The molecule has 0 aromatic carbocycles. The third-order valence-corrected chi connectivity index (χ3v) is 7.25. The van der Waals surface area contributed by atoms with Gasteiger partial charge in [0.15, 0.2) is 0 Å². The molecule has 1 rings (SSSR count). The molecule has 1 aromatic rings. The van der Waals surface area contributed by atoms with Crippen molar-refractivity contribution in [1.82, 2.24) is 4.98 Å². The molecule has 1 heterocycles. The molecule has 0 aliphatic carbocycles. The van der Waals surface area contributed by atoms with Gasteiger partial charge in [-0.25, -0.2) is 0 Å². The van der Waals surface area contributed by atoms with Crippen LogP contribution in [0, 0.1) is 0 Å². The Hall–Kier alpha value is -0.563. The Morgan fingerprint density at radius 1 is 1.33 bits per heavy atom. The predicted molar refractivity (Wildman–Crippen MR) is 76.0 cm³/mol. The Balaban J connectivity index is 2.30. The first-order valence-corrected chi connectivity index (χ1v) is 9.96. The van der Waals surface area contributed by atoms with Gasteiger partial charge < -0.3 is 8.85 Å². The van der Waals surface area contributed by atoms with E-state index in [1.54, 1.807) is 20.4 Å². The second-order valence-corrected chi connectivity index (χ2v) is 9.42. The zero-order valence-corrected chi connectivity index (χ0v) is 13.0. The first-order valence-electron chi connectivity index (χ1n) is 5.95. The Labute approximate surface area is 112 Å². The lowest BCUT2D eigenvalue weighted by Crippen LogP contribution is -2.36. The third kappa shape index (κ3) is 5.39. The van der Waals surface area contributed by atoms with Gasteiger partial charge in [-0.2, -0.15) is 0 Å². The van der Waals surface area contributed by atoms with Crippen LogP contribution in [0.5, 0.6) is 0 Å². The van der Waals surface area contributed by atoms with Crippen molar-refractivity contribution in [3.05, 3.63) is 30.1 Å². The van der Waals surface area contributed by atoms with E-state index in [2.05, 4.69) is 4.98 Å². The topological polar surface area (TPSA) is 48.4 Å². The van der Waals surface area contributed by atoms with Gasteiger partial charge in [-0.3, -0.25) is 9.19 Å². The van der Waals surface area contributed by atoms with E-state index in [1.165, 1.54) is 0 Å². The molecule has 0 aliphatic rings. The van der Waals surface area contributed by atoms with Crippen LogP contribution in [-0.4, -0.2) is 37.7 Å². The van der Waals surface area contributed by atoms with Gasteiger partial charge in [0.05, 0.1) is 11.4 Å². The van der Waals surface area contributed by atoms with Crippen LogP contribution >= 0.6 is 0 Å². The lowest BCUT2D eigenvalue weighted by atomic mass is 10.4. The maximum absolute atomic E-state index is 11.9. The minimum atomic E-state index is -2.01. The molecule has 0 N–H and O–H groups in total. The fraction of sp³-hybridized carbons (Fsp3) is 0.583. The van der Waals surface area contributed by atoms with Crippen molar-refractivity contribution >= 4 is 19.4 Å². The van der Waals surface area contributed by atoms with Gasteiger partial charge in [0.25, 0.3) is 0 Å². The minimum absolute atomic E-state index is 0.527. The second kappa shape index (κ2) is 7.78. The molecule has 0 saturated heterocycles. The lowest BCUT2D eigenvalue weighted by Gasteiger charge is -2.22. The van der Waals surface area contributed by atoms with E-state index in [-0.39, 0.29) is 0 Å². The largest absolute Gasteiger partial charge is 0.398 e.